The molecule has 0 unspecified atom stereocenters. The number of halogens is 1. The van der Waals surface area contributed by atoms with Gasteiger partial charge in [-0.25, -0.2) is 19.2 Å². The molecule has 0 radical (unpaired) electrons. The molecule has 1 aliphatic carbocycles. The molecule has 5 fully saturated rings. The summed E-state index contributed by atoms with van der Waals surface area (Å²) < 4.78 is 57.8. The van der Waals surface area contributed by atoms with Crippen LogP contribution in [-0.2, 0) is 14.9 Å². The van der Waals surface area contributed by atoms with Crippen LogP contribution in [0, 0.1) is 17.2 Å². The van der Waals surface area contributed by atoms with E-state index >= 15 is 0 Å². The lowest BCUT2D eigenvalue weighted by atomic mass is 9.67. The van der Waals surface area contributed by atoms with Crippen LogP contribution in [0.15, 0.2) is 30.7 Å². The predicted octanol–water partition coefficient (Wildman–Crippen LogP) is 5.27. The number of fused-ring (bicyclic) bond motifs is 2. The predicted molar refractivity (Wildman–Crippen MR) is 210 cm³/mol. The summed E-state index contributed by atoms with van der Waals surface area (Å²) in [6.45, 7) is 18.6. The number of anilines is 1. The first kappa shape index (κ1) is 40.6. The van der Waals surface area contributed by atoms with Crippen LogP contribution in [0.25, 0.3) is 0 Å². The van der Waals surface area contributed by atoms with E-state index in [0.717, 1.165) is 64.8 Å². The van der Waals surface area contributed by atoms with Crippen molar-refractivity contribution in [3.05, 3.63) is 42.1 Å². The summed E-state index contributed by atoms with van der Waals surface area (Å²) in [6.07, 6.45) is 8.00. The highest BCUT2D eigenvalue weighted by molar-refractivity contribution is 7.87. The molecule has 4 saturated heterocycles. The lowest BCUT2D eigenvalue weighted by Gasteiger charge is -2.54. The SMILES string of the molecule is CC(C)N(C(=O)c1cc(F)ccc1Oc1cncnc1N1CC[C@@H](CN2CC3(CCC(NS(=O)(=O)N4C[C@@H]5C[C@H]4CN5C(=O)OC(C)(C)C)CC3)C2)C1)C(C)C. The first-order chi connectivity index (χ1) is 26.4. The summed E-state index contributed by atoms with van der Waals surface area (Å²) >= 11 is 0. The molecule has 2 bridgehead atoms. The number of amides is 2. The number of piperazine rings is 1. The van der Waals surface area contributed by atoms with Gasteiger partial charge in [-0.1, -0.05) is 0 Å². The largest absolute Gasteiger partial charge is 0.451 e. The average molecular weight is 799 g/mol. The molecular weight excluding hydrogens is 740 g/mol. The highest BCUT2D eigenvalue weighted by atomic mass is 32.2. The highest BCUT2D eigenvalue weighted by Crippen LogP contribution is 2.45. The second kappa shape index (κ2) is 15.6. The highest BCUT2D eigenvalue weighted by Gasteiger charge is 2.52. The van der Waals surface area contributed by atoms with Gasteiger partial charge in [0.25, 0.3) is 16.1 Å². The molecule has 1 spiro atoms. The van der Waals surface area contributed by atoms with E-state index in [1.54, 1.807) is 20.3 Å². The molecule has 7 rings (SSSR count). The lowest BCUT2D eigenvalue weighted by Crippen LogP contribution is -2.60. The van der Waals surface area contributed by atoms with E-state index in [1.807, 2.05) is 48.5 Å². The van der Waals surface area contributed by atoms with Crippen molar-refractivity contribution in [1.82, 2.24) is 33.7 Å². The van der Waals surface area contributed by atoms with Gasteiger partial charge in [-0.3, -0.25) is 4.79 Å². The van der Waals surface area contributed by atoms with Crippen molar-refractivity contribution < 1.29 is 31.9 Å². The minimum Gasteiger partial charge on any atom is -0.451 e. The number of carbonyl (C=O) groups excluding carboxylic acids is 2. The van der Waals surface area contributed by atoms with E-state index in [0.29, 0.717) is 37.0 Å². The van der Waals surface area contributed by atoms with E-state index in [2.05, 4.69) is 24.5 Å². The van der Waals surface area contributed by atoms with Gasteiger partial charge in [0.1, 0.15) is 23.5 Å². The standard InChI is InChI=1S/C40H59FN8O6S/c1-26(2)49(27(3)4)37(50)33-16-29(41)8-9-34(33)54-35-18-42-25-43-36(35)46-15-12-28(20-46)19-45-23-40(24-45)13-10-30(11-14-40)44-56(52,53)48-22-31-17-32(48)21-47(31)38(51)55-39(5,6)7/h8-9,16,18,25-28,30-32,44H,10-15,17,19-24H2,1-7H3/t28-,31-,32-/m0/s1. The van der Waals surface area contributed by atoms with E-state index in [9.17, 15) is 22.4 Å². The summed E-state index contributed by atoms with van der Waals surface area (Å²) in [5.41, 5.74) is -0.197. The normalized spacial score (nSPS) is 24.4. The maximum Gasteiger partial charge on any atom is 0.410 e. The minimum atomic E-state index is -3.65. The number of benzene rings is 1. The molecule has 308 valence electrons. The molecule has 5 aliphatic rings. The molecule has 16 heteroatoms. The summed E-state index contributed by atoms with van der Waals surface area (Å²) in [7, 11) is -3.65. The van der Waals surface area contributed by atoms with E-state index in [-0.39, 0.29) is 58.9 Å². The summed E-state index contributed by atoms with van der Waals surface area (Å²) in [5.74, 6) is 0.967. The summed E-state index contributed by atoms with van der Waals surface area (Å²) in [6, 6.07) is 3.41. The smallest absolute Gasteiger partial charge is 0.410 e. The van der Waals surface area contributed by atoms with Crippen LogP contribution in [0.3, 0.4) is 0 Å². The molecule has 3 atom stereocenters. The van der Waals surface area contributed by atoms with E-state index in [4.69, 9.17) is 9.47 Å². The Hall–Kier alpha value is -3.60. The van der Waals surface area contributed by atoms with Gasteiger partial charge in [0.05, 0.1) is 17.8 Å². The maximum absolute atomic E-state index is 14.4. The fourth-order valence-electron chi connectivity index (χ4n) is 9.68. The second-order valence-corrected chi connectivity index (χ2v) is 19.9. The summed E-state index contributed by atoms with van der Waals surface area (Å²) in [5, 5.41) is 0. The van der Waals surface area contributed by atoms with Gasteiger partial charge in [-0.2, -0.15) is 17.4 Å². The van der Waals surface area contributed by atoms with Gasteiger partial charge < -0.3 is 29.1 Å². The monoisotopic (exact) mass is 798 g/mol. The van der Waals surface area contributed by atoms with Crippen LogP contribution in [0.1, 0.15) is 97.3 Å². The Kier molecular flexibility index (Phi) is 11.3. The molecule has 1 aromatic heterocycles. The zero-order valence-corrected chi connectivity index (χ0v) is 34.7. The van der Waals surface area contributed by atoms with Crippen molar-refractivity contribution in [3.63, 3.8) is 0 Å². The van der Waals surface area contributed by atoms with E-state index in [1.165, 1.54) is 24.5 Å². The Labute approximate surface area is 331 Å². The molecule has 2 amide bonds. The van der Waals surface area contributed by atoms with Gasteiger partial charge in [0.2, 0.25) is 0 Å². The fraction of sp³-hybridized carbons (Fsp3) is 0.700. The van der Waals surface area contributed by atoms with Crippen LogP contribution < -0.4 is 14.4 Å². The van der Waals surface area contributed by atoms with Crippen molar-refractivity contribution in [3.8, 4) is 11.5 Å². The number of hydrogen-bond donors (Lipinski definition) is 1. The topological polar surface area (TPSA) is 141 Å². The summed E-state index contributed by atoms with van der Waals surface area (Å²) in [4.78, 5) is 43.2. The number of nitrogens with one attached hydrogen (secondary N) is 1. The first-order valence-electron chi connectivity index (χ1n) is 20.3. The Morgan fingerprint density at radius 1 is 1.02 bits per heavy atom. The number of carbonyl (C=O) groups is 2. The van der Waals surface area contributed by atoms with Crippen LogP contribution in [0.5, 0.6) is 11.5 Å². The van der Waals surface area contributed by atoms with Gasteiger partial charge in [0, 0.05) is 70.0 Å². The third kappa shape index (κ3) is 8.63. The van der Waals surface area contributed by atoms with Crippen molar-refractivity contribution in [2.45, 2.75) is 123 Å². The Bertz CT molecular complexity index is 1870. The van der Waals surface area contributed by atoms with Gasteiger partial charge in [0.15, 0.2) is 11.6 Å². The molecular formula is C40H59FN8O6S. The Morgan fingerprint density at radius 2 is 1.73 bits per heavy atom. The number of hydrogen-bond acceptors (Lipinski definition) is 10. The maximum atomic E-state index is 14.4. The third-order valence-electron chi connectivity index (χ3n) is 12.1. The third-order valence-corrected chi connectivity index (χ3v) is 13.8. The van der Waals surface area contributed by atoms with Crippen LogP contribution in [-0.4, -0.2) is 131 Å². The molecule has 5 heterocycles. The van der Waals surface area contributed by atoms with Gasteiger partial charge in [-0.05, 0) is 117 Å². The number of aromatic nitrogens is 2. The molecule has 1 saturated carbocycles. The van der Waals surface area contributed by atoms with Crippen molar-refractivity contribution in [1.29, 1.82) is 0 Å². The van der Waals surface area contributed by atoms with Crippen molar-refractivity contribution in [2.24, 2.45) is 11.3 Å². The lowest BCUT2D eigenvalue weighted by molar-refractivity contribution is -0.0387. The van der Waals surface area contributed by atoms with Crippen LogP contribution in [0.2, 0.25) is 0 Å². The molecule has 14 nitrogen and oxygen atoms in total. The van der Waals surface area contributed by atoms with Crippen LogP contribution >= 0.6 is 0 Å². The molecule has 56 heavy (non-hydrogen) atoms. The molecule has 1 aromatic carbocycles. The van der Waals surface area contributed by atoms with Crippen LogP contribution in [0.4, 0.5) is 15.0 Å². The average Bonchev–Trinajstić information content (AvgIpc) is 3.86. The number of nitrogens with zero attached hydrogens (tertiary/aromatic N) is 7. The zero-order valence-electron chi connectivity index (χ0n) is 33.9. The van der Waals surface area contributed by atoms with Crippen molar-refractivity contribution >= 4 is 28.0 Å². The number of likely N-dealkylation sites (tertiary alicyclic amines) is 2. The zero-order chi connectivity index (χ0) is 40.2. The number of ether oxygens (including phenoxy) is 2. The van der Waals surface area contributed by atoms with Gasteiger partial charge in [-0.15, -0.1) is 0 Å². The quantitative estimate of drug-likeness (QED) is 0.320. The second-order valence-electron chi connectivity index (χ2n) is 18.3. The molecule has 4 aliphatic heterocycles. The minimum absolute atomic E-state index is 0.0778. The van der Waals surface area contributed by atoms with Gasteiger partial charge >= 0.3 is 6.09 Å². The molecule has 2 aromatic rings. The molecule has 1 N–H and O–H groups in total. The van der Waals surface area contributed by atoms with E-state index < -0.39 is 21.6 Å². The van der Waals surface area contributed by atoms with Crippen molar-refractivity contribution in [2.75, 3.05) is 50.7 Å². The Morgan fingerprint density at radius 3 is 2.38 bits per heavy atom. The first-order valence-corrected chi connectivity index (χ1v) is 21.7. The fourth-order valence-corrected chi connectivity index (χ4v) is 11.4. The number of rotatable bonds is 11. The Balaban J connectivity index is 0.883.